The zero-order chi connectivity index (χ0) is 32.6. The summed E-state index contributed by atoms with van der Waals surface area (Å²) in [5.41, 5.74) is 0.227. The van der Waals surface area contributed by atoms with Crippen LogP contribution >= 0.6 is 11.6 Å². The molecule has 0 radical (unpaired) electrons. The number of sulfonamides is 1. The molecule has 1 atom stereocenters. The van der Waals surface area contributed by atoms with E-state index in [9.17, 15) is 32.5 Å². The molecule has 3 rings (SSSR count). The number of amides is 2. The number of aryl methyl sites for hydroxylation is 1. The first kappa shape index (κ1) is 34.3. The number of nitrogens with one attached hydrogen (secondary N) is 1. The van der Waals surface area contributed by atoms with E-state index in [1.807, 2.05) is 6.92 Å². The van der Waals surface area contributed by atoms with Crippen LogP contribution in [0.2, 0.25) is 5.02 Å². The van der Waals surface area contributed by atoms with Gasteiger partial charge in [0.25, 0.3) is 15.7 Å². The van der Waals surface area contributed by atoms with Crippen LogP contribution in [0, 0.1) is 22.9 Å². The number of halogens is 2. The van der Waals surface area contributed by atoms with Gasteiger partial charge in [0.2, 0.25) is 11.8 Å². The summed E-state index contributed by atoms with van der Waals surface area (Å²) in [5.74, 6) is -1.63. The van der Waals surface area contributed by atoms with Crippen molar-refractivity contribution in [3.05, 3.63) is 92.7 Å². The van der Waals surface area contributed by atoms with Crippen molar-refractivity contribution in [3.8, 4) is 5.75 Å². The molecular weight excluding hydrogens is 615 g/mol. The average Bonchev–Trinajstić information content (AvgIpc) is 2.99. The van der Waals surface area contributed by atoms with Gasteiger partial charge >= 0.3 is 0 Å². The molecule has 0 heterocycles. The van der Waals surface area contributed by atoms with Crippen molar-refractivity contribution < 1.29 is 32.1 Å². The number of anilines is 1. The highest BCUT2D eigenvalue weighted by molar-refractivity contribution is 7.92. The molecule has 44 heavy (non-hydrogen) atoms. The van der Waals surface area contributed by atoms with Gasteiger partial charge in [-0.15, -0.1) is 0 Å². The van der Waals surface area contributed by atoms with Crippen LogP contribution in [0.3, 0.4) is 0 Å². The molecule has 1 N–H and O–H groups in total. The lowest BCUT2D eigenvalue weighted by Crippen LogP contribution is -2.52. The minimum Gasteiger partial charge on any atom is -0.495 e. The molecule has 0 fully saturated rings. The topological polar surface area (TPSA) is 139 Å². The van der Waals surface area contributed by atoms with Gasteiger partial charge in [0.1, 0.15) is 24.2 Å². The number of carbonyl (C=O) groups is 2. The number of carbonyl (C=O) groups excluding carboxylic acids is 2. The van der Waals surface area contributed by atoms with Crippen molar-refractivity contribution in [2.45, 2.75) is 51.1 Å². The van der Waals surface area contributed by atoms with Crippen LogP contribution in [0.4, 0.5) is 15.8 Å². The number of ether oxygens (including phenoxy) is 1. The van der Waals surface area contributed by atoms with Crippen molar-refractivity contribution in [2.75, 3.05) is 24.5 Å². The van der Waals surface area contributed by atoms with Gasteiger partial charge in [0.05, 0.1) is 22.6 Å². The molecule has 0 bridgehead atoms. The zero-order valence-electron chi connectivity index (χ0n) is 24.7. The molecule has 11 nitrogen and oxygen atoms in total. The second-order valence-electron chi connectivity index (χ2n) is 9.90. The molecule has 3 aromatic carbocycles. The lowest BCUT2D eigenvalue weighted by Gasteiger charge is -2.33. The first-order chi connectivity index (χ1) is 20.8. The van der Waals surface area contributed by atoms with E-state index in [4.69, 9.17) is 16.3 Å². The molecule has 0 unspecified atom stereocenters. The molecule has 14 heteroatoms. The maximum absolute atomic E-state index is 14.2. The van der Waals surface area contributed by atoms with E-state index < -0.39 is 55.7 Å². The first-order valence-corrected chi connectivity index (χ1v) is 15.6. The van der Waals surface area contributed by atoms with Gasteiger partial charge in [-0.3, -0.25) is 24.0 Å². The van der Waals surface area contributed by atoms with Gasteiger partial charge in [-0.05, 0) is 61.7 Å². The van der Waals surface area contributed by atoms with Crippen LogP contribution in [-0.2, 0) is 26.2 Å². The third-order valence-corrected chi connectivity index (χ3v) is 8.85. The van der Waals surface area contributed by atoms with Gasteiger partial charge in [-0.1, -0.05) is 43.6 Å². The molecule has 0 spiro atoms. The van der Waals surface area contributed by atoms with Crippen molar-refractivity contribution in [1.82, 2.24) is 10.2 Å². The molecule has 0 saturated carbocycles. The highest BCUT2D eigenvalue weighted by atomic mass is 35.5. The fraction of sp³-hybridized carbons (Fsp3) is 0.333. The van der Waals surface area contributed by atoms with E-state index in [1.54, 1.807) is 6.92 Å². The van der Waals surface area contributed by atoms with E-state index in [2.05, 4.69) is 5.32 Å². The summed E-state index contributed by atoms with van der Waals surface area (Å²) >= 11 is 6.24. The van der Waals surface area contributed by atoms with Gasteiger partial charge < -0.3 is 15.0 Å². The summed E-state index contributed by atoms with van der Waals surface area (Å²) in [6.45, 7) is 4.46. The third-order valence-electron chi connectivity index (χ3n) is 6.86. The largest absolute Gasteiger partial charge is 0.495 e. The SMILES string of the molecule is CCCNC(=O)[C@H](CC)N(Cc1ccc(F)cc1)C(=O)CN(c1cc(Cl)ccc1OC)S(=O)(=O)c1ccc(C)c([N+](=O)[O-])c1. The van der Waals surface area contributed by atoms with Crippen LogP contribution in [-0.4, -0.2) is 56.3 Å². The third kappa shape index (κ3) is 8.03. The molecule has 3 aromatic rings. The maximum atomic E-state index is 14.2. The second kappa shape index (κ2) is 15.0. The Labute approximate surface area is 260 Å². The number of nitrogens with zero attached hydrogens (tertiary/aromatic N) is 3. The summed E-state index contributed by atoms with van der Waals surface area (Å²) in [6, 6.07) is 12.0. The van der Waals surface area contributed by atoms with Crippen molar-refractivity contribution in [1.29, 1.82) is 0 Å². The van der Waals surface area contributed by atoms with E-state index in [1.165, 1.54) is 73.5 Å². The average molecular weight is 649 g/mol. The molecule has 0 aliphatic rings. The Morgan fingerprint density at radius 3 is 2.36 bits per heavy atom. The molecule has 0 aliphatic carbocycles. The van der Waals surface area contributed by atoms with Crippen molar-refractivity contribution in [3.63, 3.8) is 0 Å². The molecule has 236 valence electrons. The standard InChI is InChI=1S/C30H34ClFN4O7S/c1-5-15-33-30(38)25(6-2)34(18-21-8-11-23(32)12-9-21)29(37)19-35(27-16-22(31)10-14-28(27)43-4)44(41,42)24-13-7-20(3)26(17-24)36(39)40/h7-14,16-17,25H,5-6,15,18-19H2,1-4H3,(H,33,38)/t25-/m0/s1. The highest BCUT2D eigenvalue weighted by Crippen LogP contribution is 2.36. The monoisotopic (exact) mass is 648 g/mol. The Bertz CT molecular complexity index is 1620. The minimum atomic E-state index is -4.66. The van der Waals surface area contributed by atoms with Crippen LogP contribution in [0.5, 0.6) is 5.75 Å². The fourth-order valence-electron chi connectivity index (χ4n) is 4.52. The van der Waals surface area contributed by atoms with Gasteiger partial charge in [-0.2, -0.15) is 0 Å². The van der Waals surface area contributed by atoms with Crippen LogP contribution < -0.4 is 14.4 Å². The van der Waals surface area contributed by atoms with Crippen molar-refractivity contribution in [2.24, 2.45) is 0 Å². The summed E-state index contributed by atoms with van der Waals surface area (Å²) in [6.07, 6.45) is 0.844. The predicted octanol–water partition coefficient (Wildman–Crippen LogP) is 5.23. The van der Waals surface area contributed by atoms with E-state index in [0.717, 1.165) is 10.4 Å². The van der Waals surface area contributed by atoms with E-state index in [-0.39, 0.29) is 35.0 Å². The summed E-state index contributed by atoms with van der Waals surface area (Å²) in [5, 5.41) is 14.5. The number of hydrogen-bond donors (Lipinski definition) is 1. The lowest BCUT2D eigenvalue weighted by atomic mass is 10.1. The molecule has 2 amide bonds. The summed E-state index contributed by atoms with van der Waals surface area (Å²) in [4.78, 5) is 39.1. The van der Waals surface area contributed by atoms with Crippen LogP contribution in [0.25, 0.3) is 0 Å². The minimum absolute atomic E-state index is 0.0604. The number of methoxy groups -OCH3 is 1. The highest BCUT2D eigenvalue weighted by Gasteiger charge is 2.35. The molecule has 0 saturated heterocycles. The zero-order valence-corrected chi connectivity index (χ0v) is 26.3. The van der Waals surface area contributed by atoms with Crippen LogP contribution in [0.15, 0.2) is 65.6 Å². The molecule has 0 aromatic heterocycles. The Morgan fingerprint density at radius 2 is 1.77 bits per heavy atom. The van der Waals surface area contributed by atoms with E-state index >= 15 is 0 Å². The summed E-state index contributed by atoms with van der Waals surface area (Å²) < 4.78 is 48.2. The number of hydrogen-bond acceptors (Lipinski definition) is 7. The molecule has 0 aliphatic heterocycles. The Morgan fingerprint density at radius 1 is 1.09 bits per heavy atom. The number of nitro benzene ring substituents is 1. The Balaban J connectivity index is 2.18. The van der Waals surface area contributed by atoms with Crippen LogP contribution in [0.1, 0.15) is 37.8 Å². The smallest absolute Gasteiger partial charge is 0.273 e. The quantitative estimate of drug-likeness (QED) is 0.186. The summed E-state index contributed by atoms with van der Waals surface area (Å²) in [7, 11) is -3.35. The normalized spacial score (nSPS) is 11.9. The number of nitro groups is 1. The second-order valence-corrected chi connectivity index (χ2v) is 12.2. The number of rotatable bonds is 14. The van der Waals surface area contributed by atoms with Gasteiger partial charge in [0, 0.05) is 29.7 Å². The van der Waals surface area contributed by atoms with Gasteiger partial charge in [0.15, 0.2) is 0 Å². The van der Waals surface area contributed by atoms with E-state index in [0.29, 0.717) is 18.5 Å². The maximum Gasteiger partial charge on any atom is 0.273 e. The van der Waals surface area contributed by atoms with Gasteiger partial charge in [-0.25, -0.2) is 12.8 Å². The first-order valence-electron chi connectivity index (χ1n) is 13.8. The lowest BCUT2D eigenvalue weighted by molar-refractivity contribution is -0.385. The molecular formula is C30H34ClFN4O7S. The number of benzene rings is 3. The van der Waals surface area contributed by atoms with Crippen molar-refractivity contribution >= 4 is 44.8 Å². The Kier molecular flexibility index (Phi) is 11.7. The Hall–Kier alpha value is -4.23. The predicted molar refractivity (Wildman–Crippen MR) is 165 cm³/mol. The fourth-order valence-corrected chi connectivity index (χ4v) is 6.12.